The summed E-state index contributed by atoms with van der Waals surface area (Å²) in [5.74, 6) is 2.47. The highest BCUT2D eigenvalue weighted by Crippen LogP contribution is 2.70. The van der Waals surface area contributed by atoms with E-state index in [1.807, 2.05) is 19.1 Å². The Labute approximate surface area is 127 Å². The van der Waals surface area contributed by atoms with Crippen molar-refractivity contribution in [2.24, 2.45) is 22.2 Å². The smallest absolute Gasteiger partial charge is 0.198 e. The Bertz CT molecular complexity index is 578. The Balaban J connectivity index is 1.61. The van der Waals surface area contributed by atoms with E-state index in [2.05, 4.69) is 13.8 Å². The molecule has 1 aromatic rings. The van der Waals surface area contributed by atoms with Gasteiger partial charge in [-0.15, -0.1) is 0 Å². The van der Waals surface area contributed by atoms with Gasteiger partial charge in [0, 0.05) is 6.42 Å². The lowest BCUT2D eigenvalue weighted by molar-refractivity contribution is -0.143. The summed E-state index contributed by atoms with van der Waals surface area (Å²) in [6.07, 6.45) is 8.60. The number of aryl methyl sites for hydroxylation is 1. The molecule has 21 heavy (non-hydrogen) atoms. The minimum Gasteiger partial charge on any atom is -0.458 e. The van der Waals surface area contributed by atoms with Gasteiger partial charge in [0.1, 0.15) is 5.76 Å². The highest BCUT2D eigenvalue weighted by Gasteiger charge is 2.60. The summed E-state index contributed by atoms with van der Waals surface area (Å²) in [7, 11) is 0. The second kappa shape index (κ2) is 4.02. The number of rotatable bonds is 3. The van der Waals surface area contributed by atoms with Crippen LogP contribution in [-0.2, 0) is 0 Å². The summed E-state index contributed by atoms with van der Waals surface area (Å²) in [5.41, 5.74) is 1.21. The van der Waals surface area contributed by atoms with Crippen molar-refractivity contribution in [3.05, 3.63) is 23.7 Å². The summed E-state index contributed by atoms with van der Waals surface area (Å²) < 4.78 is 5.56. The zero-order valence-electron chi connectivity index (χ0n) is 13.5. The van der Waals surface area contributed by atoms with Crippen LogP contribution in [0.1, 0.15) is 75.1 Å². The molecule has 2 atom stereocenters. The molecule has 0 saturated heterocycles. The fourth-order valence-corrected chi connectivity index (χ4v) is 6.89. The quantitative estimate of drug-likeness (QED) is 0.719. The van der Waals surface area contributed by atoms with Crippen molar-refractivity contribution < 1.29 is 9.21 Å². The average Bonchev–Trinajstić information content (AvgIpc) is 2.70. The molecular weight excluding hydrogens is 260 g/mol. The first-order valence-corrected chi connectivity index (χ1v) is 8.39. The van der Waals surface area contributed by atoms with Gasteiger partial charge < -0.3 is 4.42 Å². The molecule has 4 aliphatic carbocycles. The summed E-state index contributed by atoms with van der Waals surface area (Å²) in [6.45, 7) is 6.83. The number of ketones is 1. The number of carbonyl (C=O) groups is 1. The molecule has 0 aromatic carbocycles. The largest absolute Gasteiger partial charge is 0.458 e. The predicted molar refractivity (Wildman–Crippen MR) is 82.2 cm³/mol. The zero-order chi connectivity index (χ0) is 14.9. The maximum absolute atomic E-state index is 12.7. The molecule has 2 nitrogen and oxygen atoms in total. The van der Waals surface area contributed by atoms with Crippen molar-refractivity contribution in [3.63, 3.8) is 0 Å². The molecule has 1 heterocycles. The van der Waals surface area contributed by atoms with Gasteiger partial charge in [0.25, 0.3) is 0 Å². The molecule has 1 aromatic heterocycles. The van der Waals surface area contributed by atoms with Crippen LogP contribution in [0.3, 0.4) is 0 Å². The van der Waals surface area contributed by atoms with E-state index in [9.17, 15) is 4.79 Å². The van der Waals surface area contributed by atoms with Crippen molar-refractivity contribution in [1.29, 1.82) is 0 Å². The Morgan fingerprint density at radius 2 is 1.81 bits per heavy atom. The van der Waals surface area contributed by atoms with Gasteiger partial charge in [-0.2, -0.15) is 0 Å². The number of hydrogen-bond donors (Lipinski definition) is 0. The van der Waals surface area contributed by atoms with Crippen LogP contribution in [0.2, 0.25) is 0 Å². The van der Waals surface area contributed by atoms with Crippen molar-refractivity contribution >= 4 is 5.78 Å². The Morgan fingerprint density at radius 3 is 2.33 bits per heavy atom. The summed E-state index contributed by atoms with van der Waals surface area (Å²) in [4.78, 5) is 12.7. The fraction of sp³-hybridized carbons (Fsp3) is 0.737. The maximum atomic E-state index is 12.7. The lowest BCUT2D eigenvalue weighted by Gasteiger charge is -2.65. The summed E-state index contributed by atoms with van der Waals surface area (Å²) in [5, 5.41) is 0. The van der Waals surface area contributed by atoms with Gasteiger partial charge in [-0.3, -0.25) is 4.79 Å². The maximum Gasteiger partial charge on any atom is 0.198 e. The van der Waals surface area contributed by atoms with E-state index in [1.165, 1.54) is 38.5 Å². The first-order valence-electron chi connectivity index (χ1n) is 8.39. The van der Waals surface area contributed by atoms with E-state index in [4.69, 9.17) is 4.42 Å². The molecule has 4 bridgehead atoms. The van der Waals surface area contributed by atoms with E-state index in [-0.39, 0.29) is 11.2 Å². The van der Waals surface area contributed by atoms with Crippen LogP contribution in [-0.4, -0.2) is 5.78 Å². The fourth-order valence-electron chi connectivity index (χ4n) is 6.89. The second-order valence-electron chi connectivity index (χ2n) is 9.14. The van der Waals surface area contributed by atoms with Crippen LogP contribution < -0.4 is 0 Å². The van der Waals surface area contributed by atoms with Gasteiger partial charge in [0.2, 0.25) is 0 Å². The predicted octanol–water partition coefficient (Wildman–Crippen LogP) is 5.16. The van der Waals surface area contributed by atoms with E-state index < -0.39 is 0 Å². The number of furan rings is 1. The molecular formula is C19H26O2. The van der Waals surface area contributed by atoms with Crippen molar-refractivity contribution in [3.8, 4) is 0 Å². The van der Waals surface area contributed by atoms with Gasteiger partial charge in [0.05, 0.1) is 0 Å². The van der Waals surface area contributed by atoms with Gasteiger partial charge in [-0.05, 0) is 79.7 Å². The SMILES string of the molecule is Cc1ccc(C(=O)CC23CC4CC(C)(CC(C)(C4)C2)C3)o1. The minimum absolute atomic E-state index is 0.220. The molecule has 0 N–H and O–H groups in total. The summed E-state index contributed by atoms with van der Waals surface area (Å²) >= 11 is 0. The van der Waals surface area contributed by atoms with Crippen molar-refractivity contribution in [2.75, 3.05) is 0 Å². The number of hydrogen-bond acceptors (Lipinski definition) is 2. The van der Waals surface area contributed by atoms with Crippen molar-refractivity contribution in [1.82, 2.24) is 0 Å². The molecule has 0 radical (unpaired) electrons. The van der Waals surface area contributed by atoms with Gasteiger partial charge in [0.15, 0.2) is 11.5 Å². The number of Topliss-reactive ketones (excluding diaryl/α,β-unsaturated/α-hetero) is 1. The molecule has 5 rings (SSSR count). The van der Waals surface area contributed by atoms with E-state index in [1.54, 1.807) is 0 Å². The van der Waals surface area contributed by atoms with Gasteiger partial charge in [-0.1, -0.05) is 13.8 Å². The van der Waals surface area contributed by atoms with Crippen LogP contribution in [0.5, 0.6) is 0 Å². The molecule has 4 saturated carbocycles. The monoisotopic (exact) mass is 286 g/mol. The molecule has 0 spiro atoms. The second-order valence-corrected chi connectivity index (χ2v) is 9.14. The molecule has 2 unspecified atom stereocenters. The third-order valence-corrected chi connectivity index (χ3v) is 6.29. The third kappa shape index (κ3) is 2.18. The molecule has 114 valence electrons. The molecule has 2 heteroatoms. The lowest BCUT2D eigenvalue weighted by atomic mass is 9.39. The zero-order valence-corrected chi connectivity index (χ0v) is 13.5. The molecule has 0 aliphatic heterocycles. The Kier molecular flexibility index (Phi) is 2.61. The van der Waals surface area contributed by atoms with E-state index in [0.717, 1.165) is 11.7 Å². The average molecular weight is 286 g/mol. The van der Waals surface area contributed by atoms with Crippen LogP contribution in [0.4, 0.5) is 0 Å². The highest BCUT2D eigenvalue weighted by molar-refractivity contribution is 5.94. The van der Waals surface area contributed by atoms with Crippen LogP contribution in [0, 0.1) is 29.1 Å². The first kappa shape index (κ1) is 13.6. The standard InChI is InChI=1S/C19H26O2/c1-13-4-5-16(21-13)15(20)9-19-8-14-6-17(2,11-19)10-18(3,7-14)12-19/h4-5,14H,6-12H2,1-3H3. The van der Waals surface area contributed by atoms with E-state index in [0.29, 0.717) is 23.0 Å². The topological polar surface area (TPSA) is 30.2 Å². The minimum atomic E-state index is 0.220. The Morgan fingerprint density at radius 1 is 1.14 bits per heavy atom. The Hall–Kier alpha value is -1.05. The molecule has 4 fully saturated rings. The molecule has 4 aliphatic rings. The van der Waals surface area contributed by atoms with Crippen LogP contribution in [0.15, 0.2) is 16.5 Å². The lowest BCUT2D eigenvalue weighted by Crippen LogP contribution is -2.55. The molecule has 0 amide bonds. The number of carbonyl (C=O) groups excluding carboxylic acids is 1. The van der Waals surface area contributed by atoms with Gasteiger partial charge >= 0.3 is 0 Å². The van der Waals surface area contributed by atoms with Crippen molar-refractivity contribution in [2.45, 2.75) is 65.7 Å². The third-order valence-electron chi connectivity index (χ3n) is 6.29. The van der Waals surface area contributed by atoms with E-state index >= 15 is 0 Å². The van der Waals surface area contributed by atoms with Crippen LogP contribution in [0.25, 0.3) is 0 Å². The summed E-state index contributed by atoms with van der Waals surface area (Å²) in [6, 6.07) is 3.75. The first-order chi connectivity index (χ1) is 9.79. The van der Waals surface area contributed by atoms with Gasteiger partial charge in [-0.25, -0.2) is 0 Å². The van der Waals surface area contributed by atoms with Crippen LogP contribution >= 0.6 is 0 Å². The highest BCUT2D eigenvalue weighted by atomic mass is 16.3. The normalized spacial score (nSPS) is 44.2.